The first-order valence-electron chi connectivity index (χ1n) is 7.66. The van der Waals surface area contributed by atoms with E-state index in [1.807, 2.05) is 13.0 Å². The van der Waals surface area contributed by atoms with E-state index >= 15 is 0 Å². The molecule has 1 aromatic carbocycles. The third-order valence-corrected chi connectivity index (χ3v) is 6.05. The Bertz CT molecular complexity index is 496. The van der Waals surface area contributed by atoms with Crippen molar-refractivity contribution in [2.45, 2.75) is 38.6 Å². The number of fused-ring (bicyclic) bond motifs is 5. The summed E-state index contributed by atoms with van der Waals surface area (Å²) in [6.45, 7) is 1.99. The van der Waals surface area contributed by atoms with Crippen LogP contribution in [0, 0.1) is 42.3 Å². The Hall–Kier alpha value is -0.890. The van der Waals surface area contributed by atoms with Gasteiger partial charge in [-0.3, -0.25) is 0 Å². The van der Waals surface area contributed by atoms with E-state index < -0.39 is 0 Å². The predicted molar refractivity (Wildman–Crippen MR) is 74.1 cm³/mol. The standard InChI is InChI=1S/C17H22FN/c1-9-6-13(18)5-4-10(9)8-14(19)17-15-11-2-3-12(7-11)16(15)17/h4-6,11-12,14-17H,2-3,7-8,19H2,1H3. The average Bonchev–Trinajstić information content (AvgIpc) is 2.82. The summed E-state index contributed by atoms with van der Waals surface area (Å²) in [7, 11) is 0. The van der Waals surface area contributed by atoms with E-state index in [0.29, 0.717) is 0 Å². The molecule has 3 fully saturated rings. The molecule has 2 N–H and O–H groups in total. The van der Waals surface area contributed by atoms with E-state index in [1.54, 1.807) is 12.1 Å². The molecule has 102 valence electrons. The van der Waals surface area contributed by atoms with Gasteiger partial charge in [-0.25, -0.2) is 4.39 Å². The lowest BCUT2D eigenvalue weighted by atomic mass is 9.92. The summed E-state index contributed by atoms with van der Waals surface area (Å²) in [6, 6.07) is 5.38. The maximum atomic E-state index is 13.1. The molecule has 5 atom stereocenters. The van der Waals surface area contributed by atoms with Crippen molar-refractivity contribution in [3.05, 3.63) is 35.1 Å². The van der Waals surface area contributed by atoms with Crippen LogP contribution >= 0.6 is 0 Å². The largest absolute Gasteiger partial charge is 0.327 e. The van der Waals surface area contributed by atoms with Crippen molar-refractivity contribution in [1.29, 1.82) is 0 Å². The van der Waals surface area contributed by atoms with Gasteiger partial charge in [0.15, 0.2) is 0 Å². The van der Waals surface area contributed by atoms with Crippen LogP contribution in [0.3, 0.4) is 0 Å². The highest BCUT2D eigenvalue weighted by Gasteiger charge is 2.65. The molecule has 0 aliphatic heterocycles. The van der Waals surface area contributed by atoms with E-state index in [-0.39, 0.29) is 11.9 Å². The van der Waals surface area contributed by atoms with Gasteiger partial charge in [0.1, 0.15) is 5.82 Å². The summed E-state index contributed by atoms with van der Waals surface area (Å²) in [5.41, 5.74) is 8.74. The van der Waals surface area contributed by atoms with E-state index in [2.05, 4.69) is 0 Å². The molecule has 3 aliphatic carbocycles. The molecule has 1 nitrogen and oxygen atoms in total. The molecule has 0 heterocycles. The molecule has 0 aromatic heterocycles. The van der Waals surface area contributed by atoms with Gasteiger partial charge >= 0.3 is 0 Å². The van der Waals surface area contributed by atoms with Gasteiger partial charge in [0.25, 0.3) is 0 Å². The number of halogens is 1. The van der Waals surface area contributed by atoms with E-state index in [1.165, 1.54) is 24.8 Å². The van der Waals surface area contributed by atoms with Crippen molar-refractivity contribution in [2.75, 3.05) is 0 Å². The highest BCUT2D eigenvalue weighted by atomic mass is 19.1. The second-order valence-electron chi connectivity index (χ2n) is 7.00. The monoisotopic (exact) mass is 259 g/mol. The molecular weight excluding hydrogens is 237 g/mol. The third-order valence-electron chi connectivity index (χ3n) is 6.05. The second kappa shape index (κ2) is 4.05. The van der Waals surface area contributed by atoms with Crippen LogP contribution in [0.5, 0.6) is 0 Å². The van der Waals surface area contributed by atoms with Crippen LogP contribution < -0.4 is 5.73 Å². The lowest BCUT2D eigenvalue weighted by molar-refractivity contribution is 0.409. The van der Waals surface area contributed by atoms with E-state index in [4.69, 9.17) is 5.73 Å². The molecule has 0 spiro atoms. The van der Waals surface area contributed by atoms with Crippen molar-refractivity contribution in [3.8, 4) is 0 Å². The maximum absolute atomic E-state index is 13.1. The van der Waals surface area contributed by atoms with Crippen LogP contribution in [0.15, 0.2) is 18.2 Å². The predicted octanol–water partition coefficient (Wildman–Crippen LogP) is 3.30. The average molecular weight is 259 g/mol. The number of rotatable bonds is 3. The number of nitrogens with two attached hydrogens (primary N) is 1. The summed E-state index contributed by atoms with van der Waals surface area (Å²) in [5, 5.41) is 0. The molecule has 2 heteroatoms. The van der Waals surface area contributed by atoms with Gasteiger partial charge in [0, 0.05) is 6.04 Å². The first kappa shape index (κ1) is 11.9. The Morgan fingerprint density at radius 3 is 2.58 bits per heavy atom. The Labute approximate surface area is 114 Å². The quantitative estimate of drug-likeness (QED) is 0.885. The lowest BCUT2D eigenvalue weighted by Gasteiger charge is -2.17. The van der Waals surface area contributed by atoms with Gasteiger partial charge in [-0.2, -0.15) is 0 Å². The number of hydrogen-bond donors (Lipinski definition) is 1. The van der Waals surface area contributed by atoms with Crippen molar-refractivity contribution in [1.82, 2.24) is 0 Å². The minimum absolute atomic E-state index is 0.142. The zero-order valence-electron chi connectivity index (χ0n) is 11.5. The zero-order valence-corrected chi connectivity index (χ0v) is 11.5. The van der Waals surface area contributed by atoms with E-state index in [0.717, 1.165) is 41.6 Å². The Morgan fingerprint density at radius 1 is 1.26 bits per heavy atom. The molecule has 0 radical (unpaired) electrons. The molecule has 3 aliphatic rings. The molecule has 19 heavy (non-hydrogen) atoms. The highest BCUT2D eigenvalue weighted by molar-refractivity contribution is 5.28. The first-order chi connectivity index (χ1) is 9.15. The number of benzene rings is 1. The molecule has 2 bridgehead atoms. The Morgan fingerprint density at radius 2 is 1.95 bits per heavy atom. The fraction of sp³-hybridized carbons (Fsp3) is 0.647. The van der Waals surface area contributed by atoms with Gasteiger partial charge in [0.2, 0.25) is 0 Å². The van der Waals surface area contributed by atoms with Gasteiger partial charge in [-0.05, 0) is 85.5 Å². The van der Waals surface area contributed by atoms with Crippen LogP contribution in [-0.2, 0) is 6.42 Å². The Balaban J connectivity index is 1.47. The number of hydrogen-bond acceptors (Lipinski definition) is 1. The minimum atomic E-state index is -0.142. The fourth-order valence-corrected chi connectivity index (χ4v) is 5.24. The summed E-state index contributed by atoms with van der Waals surface area (Å²) >= 11 is 0. The lowest BCUT2D eigenvalue weighted by Crippen LogP contribution is -2.29. The van der Waals surface area contributed by atoms with E-state index in [9.17, 15) is 4.39 Å². The zero-order chi connectivity index (χ0) is 13.1. The summed E-state index contributed by atoms with van der Waals surface area (Å²) < 4.78 is 13.1. The SMILES string of the molecule is Cc1cc(F)ccc1CC(N)C1C2C3CCC(C3)C12. The highest BCUT2D eigenvalue weighted by Crippen LogP contribution is 2.70. The molecule has 1 aromatic rings. The first-order valence-corrected chi connectivity index (χ1v) is 7.66. The van der Waals surface area contributed by atoms with Crippen LogP contribution in [0.2, 0.25) is 0 Å². The van der Waals surface area contributed by atoms with Crippen molar-refractivity contribution < 1.29 is 4.39 Å². The van der Waals surface area contributed by atoms with Crippen LogP contribution in [0.4, 0.5) is 4.39 Å². The molecule has 5 unspecified atom stereocenters. The topological polar surface area (TPSA) is 26.0 Å². The minimum Gasteiger partial charge on any atom is -0.327 e. The smallest absolute Gasteiger partial charge is 0.123 e. The number of aryl methyl sites for hydroxylation is 1. The van der Waals surface area contributed by atoms with Gasteiger partial charge in [-0.15, -0.1) is 0 Å². The van der Waals surface area contributed by atoms with Gasteiger partial charge in [-0.1, -0.05) is 6.07 Å². The van der Waals surface area contributed by atoms with Crippen LogP contribution in [0.1, 0.15) is 30.4 Å². The summed E-state index contributed by atoms with van der Waals surface area (Å²) in [6.07, 6.45) is 5.30. The normalized spacial score (nSPS) is 40.3. The van der Waals surface area contributed by atoms with Crippen LogP contribution in [-0.4, -0.2) is 6.04 Å². The second-order valence-corrected chi connectivity index (χ2v) is 7.00. The third kappa shape index (κ3) is 1.76. The Kier molecular flexibility index (Phi) is 2.54. The summed E-state index contributed by atoms with van der Waals surface area (Å²) in [4.78, 5) is 0. The molecule has 3 saturated carbocycles. The van der Waals surface area contributed by atoms with Gasteiger partial charge < -0.3 is 5.73 Å². The fourth-order valence-electron chi connectivity index (χ4n) is 5.24. The molecule has 0 saturated heterocycles. The summed E-state index contributed by atoms with van der Waals surface area (Å²) in [5.74, 6) is 4.47. The van der Waals surface area contributed by atoms with Gasteiger partial charge in [0.05, 0.1) is 0 Å². The van der Waals surface area contributed by atoms with Crippen molar-refractivity contribution in [3.63, 3.8) is 0 Å². The van der Waals surface area contributed by atoms with Crippen molar-refractivity contribution >= 4 is 0 Å². The van der Waals surface area contributed by atoms with Crippen molar-refractivity contribution in [2.24, 2.45) is 35.3 Å². The molecule has 0 amide bonds. The maximum Gasteiger partial charge on any atom is 0.123 e. The molecular formula is C17H22FN. The van der Waals surface area contributed by atoms with Crippen LogP contribution in [0.25, 0.3) is 0 Å². The molecule has 4 rings (SSSR count).